The highest BCUT2D eigenvalue weighted by Gasteiger charge is 2.49. The summed E-state index contributed by atoms with van der Waals surface area (Å²) in [6.07, 6.45) is 9.30. The van der Waals surface area contributed by atoms with Crippen LogP contribution in [-0.2, 0) is 9.53 Å². The summed E-state index contributed by atoms with van der Waals surface area (Å²) in [6, 6.07) is 0. The van der Waals surface area contributed by atoms with Crippen molar-refractivity contribution in [2.45, 2.75) is 77.7 Å². The number of carbonyl (C=O) groups is 1. The Morgan fingerprint density at radius 1 is 1.20 bits per heavy atom. The molecular formula is C18H30O2. The highest BCUT2D eigenvalue weighted by Crippen LogP contribution is 2.52. The van der Waals surface area contributed by atoms with Gasteiger partial charge in [0.25, 0.3) is 0 Å². The molecule has 0 aromatic heterocycles. The van der Waals surface area contributed by atoms with Crippen LogP contribution in [0.3, 0.4) is 0 Å². The number of ether oxygens (including phenoxy) is 1. The quantitative estimate of drug-likeness (QED) is 0.750. The summed E-state index contributed by atoms with van der Waals surface area (Å²) < 4.78 is 6.07. The number of Topliss-reactive ketones (excluding diaryl/α,β-unsaturated/α-hetero) is 1. The average molecular weight is 278 g/mol. The van der Waals surface area contributed by atoms with Gasteiger partial charge in [-0.2, -0.15) is 0 Å². The Kier molecular flexibility index (Phi) is 3.73. The molecule has 3 fully saturated rings. The maximum atomic E-state index is 12.5. The molecule has 0 amide bonds. The number of hydrogen-bond acceptors (Lipinski definition) is 2. The van der Waals surface area contributed by atoms with E-state index < -0.39 is 0 Å². The molecule has 3 atom stereocenters. The predicted octanol–water partition coefficient (Wildman–Crippen LogP) is 4.37. The van der Waals surface area contributed by atoms with E-state index >= 15 is 0 Å². The van der Waals surface area contributed by atoms with Crippen LogP contribution >= 0.6 is 0 Å². The van der Waals surface area contributed by atoms with Gasteiger partial charge >= 0.3 is 0 Å². The summed E-state index contributed by atoms with van der Waals surface area (Å²) in [5.74, 6) is 2.09. The fourth-order valence-electron chi connectivity index (χ4n) is 4.85. The lowest BCUT2D eigenvalue weighted by Gasteiger charge is -2.53. The van der Waals surface area contributed by atoms with Crippen LogP contribution in [0.1, 0.15) is 72.1 Å². The molecule has 1 aliphatic heterocycles. The fraction of sp³-hybridized carbons (Fsp3) is 0.944. The monoisotopic (exact) mass is 278 g/mol. The van der Waals surface area contributed by atoms with E-state index in [1.165, 1.54) is 32.1 Å². The Balaban J connectivity index is 1.72. The van der Waals surface area contributed by atoms with Gasteiger partial charge in [0.05, 0.1) is 5.60 Å². The predicted molar refractivity (Wildman–Crippen MR) is 80.6 cm³/mol. The van der Waals surface area contributed by atoms with E-state index in [1.807, 2.05) is 0 Å². The minimum absolute atomic E-state index is 0.156. The molecule has 0 aromatic rings. The second kappa shape index (κ2) is 5.12. The molecule has 20 heavy (non-hydrogen) atoms. The standard InChI is InChI=1S/C18H30O2/c1-13-5-6-15(16(19)11-13)17(2,3)14-7-10-20-18(12-14)8-4-9-18/h13-15H,4-12H2,1-3H3. The van der Waals surface area contributed by atoms with E-state index in [0.29, 0.717) is 23.5 Å². The smallest absolute Gasteiger partial charge is 0.136 e. The van der Waals surface area contributed by atoms with Gasteiger partial charge in [-0.25, -0.2) is 0 Å². The van der Waals surface area contributed by atoms with Crippen molar-refractivity contribution < 1.29 is 9.53 Å². The van der Waals surface area contributed by atoms with Gasteiger partial charge in [0, 0.05) is 18.9 Å². The normalized spacial score (nSPS) is 37.8. The maximum absolute atomic E-state index is 12.5. The number of ketones is 1. The first-order chi connectivity index (χ1) is 9.43. The molecule has 1 spiro atoms. The summed E-state index contributed by atoms with van der Waals surface area (Å²) in [4.78, 5) is 12.5. The molecule has 0 aromatic carbocycles. The van der Waals surface area contributed by atoms with Crippen LogP contribution in [0.25, 0.3) is 0 Å². The van der Waals surface area contributed by atoms with Crippen molar-refractivity contribution in [3.8, 4) is 0 Å². The van der Waals surface area contributed by atoms with Crippen molar-refractivity contribution in [1.82, 2.24) is 0 Å². The second-order valence-electron chi connectivity index (χ2n) is 8.30. The van der Waals surface area contributed by atoms with Gasteiger partial charge in [0.15, 0.2) is 0 Å². The van der Waals surface area contributed by atoms with Crippen molar-refractivity contribution in [2.75, 3.05) is 6.61 Å². The van der Waals surface area contributed by atoms with Gasteiger partial charge in [-0.05, 0) is 62.2 Å². The Labute approximate surface area is 123 Å². The van der Waals surface area contributed by atoms with E-state index in [-0.39, 0.29) is 11.0 Å². The van der Waals surface area contributed by atoms with Crippen LogP contribution in [0.2, 0.25) is 0 Å². The lowest BCUT2D eigenvalue weighted by molar-refractivity contribution is -0.166. The first-order valence-electron chi connectivity index (χ1n) is 8.60. The second-order valence-corrected chi connectivity index (χ2v) is 8.30. The minimum Gasteiger partial charge on any atom is -0.375 e. The topological polar surface area (TPSA) is 26.3 Å². The first kappa shape index (κ1) is 14.6. The Bertz CT molecular complexity index is 381. The Morgan fingerprint density at radius 2 is 1.95 bits per heavy atom. The molecule has 1 heterocycles. The lowest BCUT2D eigenvalue weighted by atomic mass is 9.58. The Hall–Kier alpha value is -0.370. The fourth-order valence-corrected chi connectivity index (χ4v) is 4.85. The molecule has 1 saturated heterocycles. The van der Waals surface area contributed by atoms with Gasteiger partial charge in [0.2, 0.25) is 0 Å². The van der Waals surface area contributed by atoms with Crippen LogP contribution in [0, 0.1) is 23.2 Å². The summed E-state index contributed by atoms with van der Waals surface area (Å²) in [5, 5.41) is 0. The van der Waals surface area contributed by atoms with Crippen LogP contribution in [0.4, 0.5) is 0 Å². The lowest BCUT2D eigenvalue weighted by Crippen LogP contribution is -2.51. The molecule has 0 bridgehead atoms. The largest absolute Gasteiger partial charge is 0.375 e. The molecule has 114 valence electrons. The maximum Gasteiger partial charge on any atom is 0.136 e. The zero-order valence-electron chi connectivity index (χ0n) is 13.4. The number of carbonyl (C=O) groups excluding carboxylic acids is 1. The summed E-state index contributed by atoms with van der Waals surface area (Å²) in [6.45, 7) is 7.84. The van der Waals surface area contributed by atoms with E-state index in [9.17, 15) is 4.79 Å². The van der Waals surface area contributed by atoms with E-state index in [0.717, 1.165) is 25.9 Å². The van der Waals surface area contributed by atoms with Crippen molar-refractivity contribution in [2.24, 2.45) is 23.2 Å². The summed E-state index contributed by atoms with van der Waals surface area (Å²) in [5.41, 5.74) is 0.356. The van der Waals surface area contributed by atoms with Crippen molar-refractivity contribution in [1.29, 1.82) is 0 Å². The van der Waals surface area contributed by atoms with Crippen molar-refractivity contribution in [3.05, 3.63) is 0 Å². The molecule has 0 radical (unpaired) electrons. The Morgan fingerprint density at radius 3 is 2.55 bits per heavy atom. The van der Waals surface area contributed by atoms with Gasteiger partial charge in [-0.1, -0.05) is 20.8 Å². The highest BCUT2D eigenvalue weighted by molar-refractivity contribution is 5.82. The molecule has 0 N–H and O–H groups in total. The van der Waals surface area contributed by atoms with Crippen molar-refractivity contribution >= 4 is 5.78 Å². The van der Waals surface area contributed by atoms with E-state index in [2.05, 4.69) is 20.8 Å². The van der Waals surface area contributed by atoms with Crippen LogP contribution < -0.4 is 0 Å². The molecule has 2 saturated carbocycles. The molecule has 2 heteroatoms. The molecule has 2 aliphatic carbocycles. The van der Waals surface area contributed by atoms with E-state index in [4.69, 9.17) is 4.74 Å². The van der Waals surface area contributed by atoms with Gasteiger partial charge in [-0.3, -0.25) is 4.79 Å². The van der Waals surface area contributed by atoms with Crippen LogP contribution in [0.5, 0.6) is 0 Å². The average Bonchev–Trinajstić information content (AvgIpc) is 2.36. The summed E-state index contributed by atoms with van der Waals surface area (Å²) >= 11 is 0. The van der Waals surface area contributed by atoms with Gasteiger partial charge in [-0.15, -0.1) is 0 Å². The number of hydrogen-bond donors (Lipinski definition) is 0. The highest BCUT2D eigenvalue weighted by atomic mass is 16.5. The van der Waals surface area contributed by atoms with E-state index in [1.54, 1.807) is 0 Å². The van der Waals surface area contributed by atoms with Crippen LogP contribution in [0.15, 0.2) is 0 Å². The molecule has 2 nitrogen and oxygen atoms in total. The third kappa shape index (κ3) is 2.45. The van der Waals surface area contributed by atoms with Crippen LogP contribution in [-0.4, -0.2) is 18.0 Å². The third-order valence-corrected chi connectivity index (χ3v) is 6.59. The van der Waals surface area contributed by atoms with Gasteiger partial charge in [0.1, 0.15) is 5.78 Å². The molecular weight excluding hydrogens is 248 g/mol. The SMILES string of the molecule is CC1CCC(C(C)(C)C2CCOC3(CCC3)C2)C(=O)C1. The summed E-state index contributed by atoms with van der Waals surface area (Å²) in [7, 11) is 0. The van der Waals surface area contributed by atoms with Crippen molar-refractivity contribution in [3.63, 3.8) is 0 Å². The first-order valence-corrected chi connectivity index (χ1v) is 8.60. The zero-order chi connectivity index (χ0) is 14.4. The zero-order valence-corrected chi connectivity index (χ0v) is 13.4. The molecule has 3 aliphatic rings. The molecule has 3 unspecified atom stereocenters. The number of rotatable bonds is 2. The van der Waals surface area contributed by atoms with Gasteiger partial charge < -0.3 is 4.74 Å². The third-order valence-electron chi connectivity index (χ3n) is 6.59. The minimum atomic E-state index is 0.156. The molecule has 3 rings (SSSR count).